The van der Waals surface area contributed by atoms with Gasteiger partial charge < -0.3 is 5.32 Å². The third-order valence-corrected chi connectivity index (χ3v) is 5.66. The standard InChI is InChI=1S/C18H21BrN2OS/c19-16-4-1-3-15(11-16)18(22)20-12-14-6-8-21(9-7-14)13-17-5-2-10-23-17/h1-5,10-11,14H,6-9,12-13H2,(H,20,22). The molecule has 0 unspecified atom stereocenters. The van der Waals surface area contributed by atoms with E-state index in [2.05, 4.69) is 43.7 Å². The molecule has 1 amide bonds. The number of hydrogen-bond donors (Lipinski definition) is 1. The fraction of sp³-hybridized carbons (Fsp3) is 0.389. The molecule has 3 nitrogen and oxygen atoms in total. The van der Waals surface area contributed by atoms with E-state index in [1.165, 1.54) is 4.88 Å². The average molecular weight is 393 g/mol. The highest BCUT2D eigenvalue weighted by Crippen LogP contribution is 2.20. The first kappa shape index (κ1) is 16.7. The van der Waals surface area contributed by atoms with Gasteiger partial charge in [0.25, 0.3) is 5.91 Å². The minimum Gasteiger partial charge on any atom is -0.352 e. The lowest BCUT2D eigenvalue weighted by Crippen LogP contribution is -2.38. The maximum Gasteiger partial charge on any atom is 0.251 e. The number of carbonyl (C=O) groups excluding carboxylic acids is 1. The Hall–Kier alpha value is -1.17. The molecule has 1 fully saturated rings. The molecule has 0 radical (unpaired) electrons. The Kier molecular flexibility index (Phi) is 5.86. The highest BCUT2D eigenvalue weighted by atomic mass is 79.9. The third-order valence-electron chi connectivity index (χ3n) is 4.30. The molecule has 122 valence electrons. The van der Waals surface area contributed by atoms with Gasteiger partial charge in [-0.1, -0.05) is 28.1 Å². The van der Waals surface area contributed by atoms with Gasteiger partial charge in [-0.3, -0.25) is 9.69 Å². The molecule has 23 heavy (non-hydrogen) atoms. The molecule has 1 aliphatic heterocycles. The number of thiophene rings is 1. The lowest BCUT2D eigenvalue weighted by atomic mass is 9.96. The van der Waals surface area contributed by atoms with Crippen LogP contribution in [0.25, 0.3) is 0 Å². The second-order valence-corrected chi connectivity index (χ2v) is 7.97. The maximum absolute atomic E-state index is 12.2. The summed E-state index contributed by atoms with van der Waals surface area (Å²) >= 11 is 5.23. The number of piperidine rings is 1. The van der Waals surface area contributed by atoms with Crippen molar-refractivity contribution in [1.82, 2.24) is 10.2 Å². The van der Waals surface area contributed by atoms with Crippen LogP contribution in [0, 0.1) is 5.92 Å². The largest absolute Gasteiger partial charge is 0.352 e. The Balaban J connectivity index is 1.41. The van der Waals surface area contributed by atoms with Crippen molar-refractivity contribution in [3.63, 3.8) is 0 Å². The van der Waals surface area contributed by atoms with Gasteiger partial charge in [0.05, 0.1) is 0 Å². The van der Waals surface area contributed by atoms with Crippen molar-refractivity contribution in [2.75, 3.05) is 19.6 Å². The van der Waals surface area contributed by atoms with Crippen LogP contribution >= 0.6 is 27.3 Å². The molecule has 2 heterocycles. The molecular weight excluding hydrogens is 372 g/mol. The first-order valence-corrected chi connectivity index (χ1v) is 9.66. The molecule has 0 aliphatic carbocycles. The lowest BCUT2D eigenvalue weighted by Gasteiger charge is -2.31. The lowest BCUT2D eigenvalue weighted by molar-refractivity contribution is 0.0935. The number of rotatable bonds is 5. The molecule has 1 aromatic heterocycles. The summed E-state index contributed by atoms with van der Waals surface area (Å²) in [6.07, 6.45) is 2.31. The normalized spacial score (nSPS) is 16.4. The summed E-state index contributed by atoms with van der Waals surface area (Å²) < 4.78 is 0.937. The number of amides is 1. The van der Waals surface area contributed by atoms with Crippen molar-refractivity contribution >= 4 is 33.2 Å². The first-order chi connectivity index (χ1) is 11.2. The summed E-state index contributed by atoms with van der Waals surface area (Å²) in [6.45, 7) is 4.08. The van der Waals surface area contributed by atoms with Crippen molar-refractivity contribution in [1.29, 1.82) is 0 Å². The van der Waals surface area contributed by atoms with Gasteiger partial charge in [-0.25, -0.2) is 0 Å². The van der Waals surface area contributed by atoms with Gasteiger partial charge in [0.15, 0.2) is 0 Å². The van der Waals surface area contributed by atoms with Crippen LogP contribution in [0.3, 0.4) is 0 Å². The number of hydrogen-bond acceptors (Lipinski definition) is 3. The number of benzene rings is 1. The Morgan fingerprint density at radius 2 is 2.09 bits per heavy atom. The zero-order chi connectivity index (χ0) is 16.1. The minimum atomic E-state index is 0.0207. The molecule has 1 aromatic carbocycles. The SMILES string of the molecule is O=C(NCC1CCN(Cc2cccs2)CC1)c1cccc(Br)c1. The van der Waals surface area contributed by atoms with Crippen LogP contribution in [0.15, 0.2) is 46.3 Å². The van der Waals surface area contributed by atoms with Crippen LogP contribution in [0.4, 0.5) is 0 Å². The second kappa shape index (κ2) is 8.08. The van der Waals surface area contributed by atoms with E-state index in [4.69, 9.17) is 0 Å². The Labute approximate surface area is 149 Å². The molecular formula is C18H21BrN2OS. The summed E-state index contributed by atoms with van der Waals surface area (Å²) in [5.74, 6) is 0.609. The van der Waals surface area contributed by atoms with Gasteiger partial charge in [-0.15, -0.1) is 11.3 Å². The summed E-state index contributed by atoms with van der Waals surface area (Å²) in [5, 5.41) is 5.22. The predicted molar refractivity (Wildman–Crippen MR) is 98.8 cm³/mol. The number of carbonyl (C=O) groups is 1. The monoisotopic (exact) mass is 392 g/mol. The van der Waals surface area contributed by atoms with Gasteiger partial charge in [-0.05, 0) is 61.5 Å². The Morgan fingerprint density at radius 1 is 1.26 bits per heavy atom. The molecule has 0 saturated carbocycles. The van der Waals surface area contributed by atoms with E-state index < -0.39 is 0 Å². The smallest absolute Gasteiger partial charge is 0.251 e. The average Bonchev–Trinajstić information content (AvgIpc) is 3.07. The molecule has 1 saturated heterocycles. The highest BCUT2D eigenvalue weighted by molar-refractivity contribution is 9.10. The summed E-state index contributed by atoms with van der Waals surface area (Å²) in [7, 11) is 0. The van der Waals surface area contributed by atoms with Crippen LogP contribution in [0.5, 0.6) is 0 Å². The second-order valence-electron chi connectivity index (χ2n) is 6.02. The van der Waals surface area contributed by atoms with Gasteiger partial charge >= 0.3 is 0 Å². The zero-order valence-corrected chi connectivity index (χ0v) is 15.4. The zero-order valence-electron chi connectivity index (χ0n) is 13.0. The van der Waals surface area contributed by atoms with Crippen molar-refractivity contribution in [3.05, 3.63) is 56.7 Å². The third kappa shape index (κ3) is 4.90. The number of halogens is 1. The molecule has 1 aliphatic rings. The molecule has 0 bridgehead atoms. The van der Waals surface area contributed by atoms with Gasteiger partial charge in [-0.2, -0.15) is 0 Å². The first-order valence-electron chi connectivity index (χ1n) is 7.99. The van der Waals surface area contributed by atoms with E-state index in [0.717, 1.165) is 49.1 Å². The van der Waals surface area contributed by atoms with Gasteiger partial charge in [0.2, 0.25) is 0 Å². The quantitative estimate of drug-likeness (QED) is 0.828. The molecule has 0 spiro atoms. The van der Waals surface area contributed by atoms with Crippen molar-refractivity contribution in [2.45, 2.75) is 19.4 Å². The molecule has 0 atom stereocenters. The van der Waals surface area contributed by atoms with E-state index in [1.807, 2.05) is 35.6 Å². The van der Waals surface area contributed by atoms with Crippen LogP contribution in [-0.4, -0.2) is 30.4 Å². The van der Waals surface area contributed by atoms with Crippen LogP contribution < -0.4 is 5.32 Å². The summed E-state index contributed by atoms with van der Waals surface area (Å²) in [6, 6.07) is 11.9. The molecule has 1 N–H and O–H groups in total. The van der Waals surface area contributed by atoms with Crippen molar-refractivity contribution < 1.29 is 4.79 Å². The van der Waals surface area contributed by atoms with E-state index in [9.17, 15) is 4.79 Å². The van der Waals surface area contributed by atoms with E-state index >= 15 is 0 Å². The van der Waals surface area contributed by atoms with Gasteiger partial charge in [0.1, 0.15) is 0 Å². The molecule has 5 heteroatoms. The van der Waals surface area contributed by atoms with Crippen LogP contribution in [0.2, 0.25) is 0 Å². The van der Waals surface area contributed by atoms with Crippen molar-refractivity contribution in [2.24, 2.45) is 5.92 Å². The fourth-order valence-electron chi connectivity index (χ4n) is 2.94. The minimum absolute atomic E-state index is 0.0207. The van der Waals surface area contributed by atoms with E-state index in [-0.39, 0.29) is 5.91 Å². The van der Waals surface area contributed by atoms with Crippen molar-refractivity contribution in [3.8, 4) is 0 Å². The Morgan fingerprint density at radius 3 is 2.78 bits per heavy atom. The van der Waals surface area contributed by atoms with Crippen LogP contribution in [0.1, 0.15) is 28.1 Å². The summed E-state index contributed by atoms with van der Waals surface area (Å²) in [4.78, 5) is 16.1. The number of nitrogens with zero attached hydrogens (tertiary/aromatic N) is 1. The van der Waals surface area contributed by atoms with E-state index in [1.54, 1.807) is 0 Å². The summed E-state index contributed by atoms with van der Waals surface area (Å²) in [5.41, 5.74) is 0.717. The van der Waals surface area contributed by atoms with E-state index in [0.29, 0.717) is 5.92 Å². The highest BCUT2D eigenvalue weighted by Gasteiger charge is 2.20. The topological polar surface area (TPSA) is 32.3 Å². The number of nitrogens with one attached hydrogen (secondary N) is 1. The van der Waals surface area contributed by atoms with Gasteiger partial charge in [0, 0.05) is 28.0 Å². The Bertz CT molecular complexity index is 636. The van der Waals surface area contributed by atoms with Crippen LogP contribution in [-0.2, 0) is 6.54 Å². The molecule has 2 aromatic rings. The molecule has 3 rings (SSSR count). The fourth-order valence-corrected chi connectivity index (χ4v) is 4.09. The number of likely N-dealkylation sites (tertiary alicyclic amines) is 1. The maximum atomic E-state index is 12.2. The predicted octanol–water partition coefficient (Wildman–Crippen LogP) is 4.15.